The number of hydrogen-bond acceptors (Lipinski definition) is 5. The van der Waals surface area contributed by atoms with Crippen molar-refractivity contribution in [2.45, 2.75) is 39.2 Å². The van der Waals surface area contributed by atoms with Gasteiger partial charge < -0.3 is 14.6 Å². The van der Waals surface area contributed by atoms with Gasteiger partial charge in [-0.2, -0.15) is 5.10 Å². The van der Waals surface area contributed by atoms with Crippen LogP contribution in [0.25, 0.3) is 0 Å². The Kier molecular flexibility index (Phi) is 5.10. The summed E-state index contributed by atoms with van der Waals surface area (Å²) in [5.74, 6) is 1.09. The lowest BCUT2D eigenvalue weighted by molar-refractivity contribution is 0.0539. The van der Waals surface area contributed by atoms with Crippen LogP contribution in [0.2, 0.25) is 0 Å². The highest BCUT2D eigenvalue weighted by atomic mass is 19.1. The molecule has 7 heteroatoms. The number of aromatic nitrogens is 3. The molecule has 0 aliphatic heterocycles. The monoisotopic (exact) mass is 309 g/mol. The van der Waals surface area contributed by atoms with Gasteiger partial charge in [0.1, 0.15) is 24.8 Å². The number of hydrogen-bond donors (Lipinski definition) is 1. The maximum atomic E-state index is 13.1. The number of benzene rings is 1. The minimum absolute atomic E-state index is 0.110. The van der Waals surface area contributed by atoms with Gasteiger partial charge in [-0.05, 0) is 26.0 Å². The van der Waals surface area contributed by atoms with Crippen molar-refractivity contribution in [3.63, 3.8) is 0 Å². The molecule has 120 valence electrons. The summed E-state index contributed by atoms with van der Waals surface area (Å²) in [6.45, 7) is 4.06. The van der Waals surface area contributed by atoms with Crippen LogP contribution in [-0.2, 0) is 24.5 Å². The molecule has 1 aromatic carbocycles. The fraction of sp³-hybridized carbons (Fsp3) is 0.467. The summed E-state index contributed by atoms with van der Waals surface area (Å²) >= 11 is 0. The summed E-state index contributed by atoms with van der Waals surface area (Å²) in [5.41, 5.74) is -0.920. The third-order valence-electron chi connectivity index (χ3n) is 2.77. The highest BCUT2D eigenvalue weighted by Crippen LogP contribution is 2.14. The average molecular weight is 309 g/mol. The zero-order valence-electron chi connectivity index (χ0n) is 12.9. The standard InChI is InChI=1S/C15H20FN3O3/c1-15(2,20)10-19-14(9-21-3)17-13(18-19)8-22-12-6-4-5-11(16)7-12/h4-7,20H,8-10H2,1-3H3. The van der Waals surface area contributed by atoms with Gasteiger partial charge in [-0.3, -0.25) is 0 Å². The van der Waals surface area contributed by atoms with Gasteiger partial charge in [-0.15, -0.1) is 0 Å². The molecule has 0 fully saturated rings. The lowest BCUT2D eigenvalue weighted by atomic mass is 10.1. The van der Waals surface area contributed by atoms with Gasteiger partial charge in [0, 0.05) is 13.2 Å². The van der Waals surface area contributed by atoms with Gasteiger partial charge in [0.15, 0.2) is 11.6 Å². The predicted molar refractivity (Wildman–Crippen MR) is 77.8 cm³/mol. The van der Waals surface area contributed by atoms with Gasteiger partial charge in [0.05, 0.1) is 12.1 Å². The molecule has 1 N–H and O–H groups in total. The van der Waals surface area contributed by atoms with Gasteiger partial charge >= 0.3 is 0 Å². The maximum Gasteiger partial charge on any atom is 0.188 e. The summed E-state index contributed by atoms with van der Waals surface area (Å²) in [5, 5.41) is 14.2. The molecule has 0 bridgehead atoms. The van der Waals surface area contributed by atoms with Crippen LogP contribution in [0.3, 0.4) is 0 Å². The number of rotatable bonds is 7. The molecule has 0 radical (unpaired) electrons. The molecule has 1 aromatic heterocycles. The van der Waals surface area contributed by atoms with E-state index in [1.807, 2.05) is 0 Å². The third-order valence-corrected chi connectivity index (χ3v) is 2.77. The van der Waals surface area contributed by atoms with Crippen LogP contribution in [0.1, 0.15) is 25.5 Å². The van der Waals surface area contributed by atoms with Crippen molar-refractivity contribution in [1.82, 2.24) is 14.8 Å². The first kappa shape index (κ1) is 16.4. The lowest BCUT2D eigenvalue weighted by Gasteiger charge is -2.17. The molecule has 6 nitrogen and oxygen atoms in total. The van der Waals surface area contributed by atoms with Crippen molar-refractivity contribution in [2.24, 2.45) is 0 Å². The first-order chi connectivity index (χ1) is 10.4. The van der Waals surface area contributed by atoms with Crippen LogP contribution in [0.4, 0.5) is 4.39 Å². The van der Waals surface area contributed by atoms with Crippen LogP contribution in [0.5, 0.6) is 5.75 Å². The number of nitrogens with zero attached hydrogens (tertiary/aromatic N) is 3. The average Bonchev–Trinajstić information content (AvgIpc) is 2.77. The van der Waals surface area contributed by atoms with E-state index in [1.54, 1.807) is 37.8 Å². The Labute approximate surface area is 128 Å². The lowest BCUT2D eigenvalue weighted by Crippen LogP contribution is -2.28. The smallest absolute Gasteiger partial charge is 0.188 e. The molecule has 0 unspecified atom stereocenters. The Morgan fingerprint density at radius 1 is 1.32 bits per heavy atom. The SMILES string of the molecule is COCc1nc(COc2cccc(F)c2)nn1CC(C)(C)O. The second kappa shape index (κ2) is 6.85. The van der Waals surface area contributed by atoms with Gasteiger partial charge in [0.25, 0.3) is 0 Å². The van der Waals surface area contributed by atoms with Gasteiger partial charge in [-0.25, -0.2) is 14.1 Å². The molecular weight excluding hydrogens is 289 g/mol. The molecular formula is C15H20FN3O3. The molecule has 22 heavy (non-hydrogen) atoms. The molecule has 2 rings (SSSR count). The molecule has 2 aromatic rings. The second-order valence-electron chi connectivity index (χ2n) is 5.59. The van der Waals surface area contributed by atoms with Crippen LogP contribution in [0, 0.1) is 5.82 Å². The Morgan fingerprint density at radius 2 is 2.09 bits per heavy atom. The van der Waals surface area contributed by atoms with Crippen molar-refractivity contribution >= 4 is 0 Å². The summed E-state index contributed by atoms with van der Waals surface area (Å²) in [7, 11) is 1.56. The molecule has 0 saturated heterocycles. The quantitative estimate of drug-likeness (QED) is 0.846. The zero-order chi connectivity index (χ0) is 16.2. The van der Waals surface area contributed by atoms with Crippen molar-refractivity contribution in [3.8, 4) is 5.75 Å². The first-order valence-electron chi connectivity index (χ1n) is 6.89. The zero-order valence-corrected chi connectivity index (χ0v) is 12.9. The van der Waals surface area contributed by atoms with Crippen LogP contribution >= 0.6 is 0 Å². The summed E-state index contributed by atoms with van der Waals surface area (Å²) in [6, 6.07) is 5.87. The van der Waals surface area contributed by atoms with Crippen molar-refractivity contribution in [3.05, 3.63) is 41.7 Å². The maximum absolute atomic E-state index is 13.1. The van der Waals surface area contributed by atoms with E-state index in [0.717, 1.165) is 0 Å². The van der Waals surface area contributed by atoms with Crippen LogP contribution < -0.4 is 4.74 Å². The third kappa shape index (κ3) is 4.78. The molecule has 0 atom stereocenters. The minimum Gasteiger partial charge on any atom is -0.485 e. The Hall–Kier alpha value is -1.99. The van der Waals surface area contributed by atoms with Crippen molar-refractivity contribution in [2.75, 3.05) is 7.11 Å². The largest absolute Gasteiger partial charge is 0.485 e. The summed E-state index contributed by atoms with van der Waals surface area (Å²) in [6.07, 6.45) is 0. The van der Waals surface area contributed by atoms with E-state index >= 15 is 0 Å². The second-order valence-corrected chi connectivity index (χ2v) is 5.59. The van der Waals surface area contributed by atoms with Gasteiger partial charge in [-0.1, -0.05) is 6.07 Å². The Balaban J connectivity index is 2.09. The fourth-order valence-corrected chi connectivity index (χ4v) is 1.92. The number of methoxy groups -OCH3 is 1. The van der Waals surface area contributed by atoms with E-state index in [1.165, 1.54) is 12.1 Å². The van der Waals surface area contributed by atoms with E-state index < -0.39 is 5.60 Å². The summed E-state index contributed by atoms with van der Waals surface area (Å²) in [4.78, 5) is 4.32. The molecule has 0 saturated carbocycles. The van der Waals surface area contributed by atoms with E-state index in [9.17, 15) is 9.50 Å². The molecule has 0 aliphatic rings. The highest BCUT2D eigenvalue weighted by molar-refractivity contribution is 5.22. The van der Waals surface area contributed by atoms with E-state index in [-0.39, 0.29) is 19.0 Å². The van der Waals surface area contributed by atoms with E-state index in [4.69, 9.17) is 9.47 Å². The van der Waals surface area contributed by atoms with Crippen molar-refractivity contribution < 1.29 is 19.0 Å². The number of ether oxygens (including phenoxy) is 2. The predicted octanol–water partition coefficient (Wildman–Crippen LogP) is 1.91. The van der Waals surface area contributed by atoms with E-state index in [2.05, 4.69) is 10.1 Å². The van der Waals surface area contributed by atoms with Crippen LogP contribution in [-0.4, -0.2) is 32.6 Å². The molecule has 0 aliphatic carbocycles. The molecule has 1 heterocycles. The molecule has 0 spiro atoms. The van der Waals surface area contributed by atoms with Crippen molar-refractivity contribution in [1.29, 1.82) is 0 Å². The minimum atomic E-state index is -0.920. The topological polar surface area (TPSA) is 69.4 Å². The van der Waals surface area contributed by atoms with Gasteiger partial charge in [0.2, 0.25) is 0 Å². The Bertz CT molecular complexity index is 623. The number of halogens is 1. The summed E-state index contributed by atoms with van der Waals surface area (Å²) < 4.78 is 25.2. The van der Waals surface area contributed by atoms with E-state index in [0.29, 0.717) is 23.9 Å². The normalized spacial score (nSPS) is 11.7. The highest BCUT2D eigenvalue weighted by Gasteiger charge is 2.18. The Morgan fingerprint density at radius 3 is 2.73 bits per heavy atom. The van der Waals surface area contributed by atoms with Crippen LogP contribution in [0.15, 0.2) is 24.3 Å². The fourth-order valence-electron chi connectivity index (χ4n) is 1.92. The molecule has 0 amide bonds. The number of aliphatic hydroxyl groups is 1. The first-order valence-corrected chi connectivity index (χ1v) is 6.89.